The molecule has 1 unspecified atom stereocenters. The second-order valence-electron chi connectivity index (χ2n) is 3.77. The second kappa shape index (κ2) is 5.49. The summed E-state index contributed by atoms with van der Waals surface area (Å²) < 4.78 is 4.24. The zero-order chi connectivity index (χ0) is 12.4. The van der Waals surface area contributed by atoms with Crippen molar-refractivity contribution in [3.05, 3.63) is 49.8 Å². The first-order chi connectivity index (χ1) is 8.13. The van der Waals surface area contributed by atoms with E-state index in [9.17, 15) is 0 Å². The van der Waals surface area contributed by atoms with Gasteiger partial charge >= 0.3 is 0 Å². The molecule has 0 aliphatic heterocycles. The van der Waals surface area contributed by atoms with Crippen LogP contribution >= 0.6 is 38.5 Å². The molecule has 3 nitrogen and oxygen atoms in total. The number of hydrogen-bond acceptors (Lipinski definition) is 2. The van der Waals surface area contributed by atoms with Gasteiger partial charge < -0.3 is 5.32 Å². The van der Waals surface area contributed by atoms with Gasteiger partial charge in [0.2, 0.25) is 0 Å². The summed E-state index contributed by atoms with van der Waals surface area (Å²) in [4.78, 5) is 0. The Morgan fingerprint density at radius 2 is 2.18 bits per heavy atom. The molecule has 0 amide bonds. The summed E-state index contributed by atoms with van der Waals surface area (Å²) in [6.07, 6.45) is 1.82. The molecule has 0 bridgehead atoms. The lowest BCUT2D eigenvalue weighted by atomic mass is 10.0. The lowest BCUT2D eigenvalue weighted by Crippen LogP contribution is -2.21. The van der Waals surface area contributed by atoms with Gasteiger partial charge in [0, 0.05) is 21.3 Å². The van der Waals surface area contributed by atoms with Crippen LogP contribution in [0.3, 0.4) is 0 Å². The quantitative estimate of drug-likeness (QED) is 0.795. The fraction of sp³-hybridized carbons (Fsp3) is 0.250. The normalized spacial score (nSPS) is 12.7. The molecule has 0 saturated heterocycles. The zero-order valence-corrected chi connectivity index (χ0v) is 13.4. The number of aryl methyl sites for hydroxylation is 1. The fourth-order valence-corrected chi connectivity index (χ4v) is 2.89. The Morgan fingerprint density at radius 3 is 2.76 bits per heavy atom. The van der Waals surface area contributed by atoms with Gasteiger partial charge in [-0.1, -0.05) is 15.9 Å². The average molecular weight is 406 g/mol. The topological polar surface area (TPSA) is 29.9 Å². The maximum atomic E-state index is 4.23. The summed E-state index contributed by atoms with van der Waals surface area (Å²) in [6, 6.07) is 8.52. The van der Waals surface area contributed by atoms with Crippen molar-refractivity contribution in [1.82, 2.24) is 15.1 Å². The van der Waals surface area contributed by atoms with Crippen LogP contribution in [0.15, 0.2) is 34.9 Å². The molecule has 1 aromatic heterocycles. The summed E-state index contributed by atoms with van der Waals surface area (Å²) in [5.74, 6) is 0. The number of rotatable bonds is 3. The molecule has 1 N–H and O–H groups in total. The largest absolute Gasteiger partial charge is 0.308 e. The van der Waals surface area contributed by atoms with E-state index in [1.807, 2.05) is 31.0 Å². The third-order valence-electron chi connectivity index (χ3n) is 2.71. The minimum absolute atomic E-state index is 0.159. The van der Waals surface area contributed by atoms with Crippen LogP contribution in [0, 0.1) is 3.57 Å². The van der Waals surface area contributed by atoms with E-state index >= 15 is 0 Å². The predicted octanol–water partition coefficient (Wildman–Crippen LogP) is 3.10. The number of halogens is 2. The van der Waals surface area contributed by atoms with Gasteiger partial charge in [0.25, 0.3) is 0 Å². The van der Waals surface area contributed by atoms with Gasteiger partial charge in [-0.05, 0) is 59.5 Å². The highest BCUT2D eigenvalue weighted by molar-refractivity contribution is 14.1. The molecular weight excluding hydrogens is 393 g/mol. The molecule has 0 spiro atoms. The molecule has 0 fully saturated rings. The Balaban J connectivity index is 2.49. The van der Waals surface area contributed by atoms with Gasteiger partial charge in [-0.2, -0.15) is 5.10 Å². The second-order valence-corrected chi connectivity index (χ2v) is 5.85. The summed E-state index contributed by atoms with van der Waals surface area (Å²) in [5.41, 5.74) is 2.41. The zero-order valence-electron chi connectivity index (χ0n) is 9.61. The van der Waals surface area contributed by atoms with Crippen LogP contribution in [-0.2, 0) is 7.05 Å². The number of hydrogen-bond donors (Lipinski definition) is 1. The van der Waals surface area contributed by atoms with E-state index in [1.54, 1.807) is 0 Å². The van der Waals surface area contributed by atoms with Crippen molar-refractivity contribution in [2.45, 2.75) is 6.04 Å². The first-order valence-corrected chi connectivity index (χ1v) is 7.10. The third-order valence-corrected chi connectivity index (χ3v) is 4.19. The fourth-order valence-electron chi connectivity index (χ4n) is 1.87. The van der Waals surface area contributed by atoms with Crippen LogP contribution in [0.5, 0.6) is 0 Å². The van der Waals surface area contributed by atoms with Crippen molar-refractivity contribution in [2.75, 3.05) is 7.05 Å². The summed E-state index contributed by atoms with van der Waals surface area (Å²) in [7, 11) is 3.93. The van der Waals surface area contributed by atoms with Crippen molar-refractivity contribution < 1.29 is 0 Å². The first-order valence-electron chi connectivity index (χ1n) is 5.23. The lowest BCUT2D eigenvalue weighted by Gasteiger charge is -2.18. The highest BCUT2D eigenvalue weighted by Gasteiger charge is 2.17. The van der Waals surface area contributed by atoms with Crippen molar-refractivity contribution >= 4 is 38.5 Å². The van der Waals surface area contributed by atoms with Gasteiger partial charge in [0.15, 0.2) is 0 Å². The molecule has 2 rings (SSSR count). The van der Waals surface area contributed by atoms with Crippen LogP contribution in [0.2, 0.25) is 0 Å². The Hall–Kier alpha value is -0.400. The highest BCUT2D eigenvalue weighted by atomic mass is 127. The monoisotopic (exact) mass is 405 g/mol. The van der Waals surface area contributed by atoms with E-state index in [2.05, 4.69) is 67.1 Å². The number of aromatic nitrogens is 2. The predicted molar refractivity (Wildman–Crippen MR) is 81.0 cm³/mol. The van der Waals surface area contributed by atoms with E-state index < -0.39 is 0 Å². The van der Waals surface area contributed by atoms with Crippen molar-refractivity contribution in [1.29, 1.82) is 0 Å². The van der Waals surface area contributed by atoms with Crippen molar-refractivity contribution in [3.8, 4) is 0 Å². The molecule has 1 aromatic carbocycles. The molecule has 5 heteroatoms. The van der Waals surface area contributed by atoms with E-state index in [1.165, 1.54) is 9.13 Å². The summed E-state index contributed by atoms with van der Waals surface area (Å²) in [6.45, 7) is 0. The van der Waals surface area contributed by atoms with Gasteiger partial charge in [-0.15, -0.1) is 0 Å². The standard InChI is InChI=1S/C12H13BrIN3/c1-15-12(11-5-6-16-17(11)2)9-7-8(13)3-4-10(9)14/h3-7,12,15H,1-2H3. The molecule has 0 aliphatic rings. The smallest absolute Gasteiger partial charge is 0.0756 e. The van der Waals surface area contributed by atoms with E-state index in [4.69, 9.17) is 0 Å². The molecule has 2 aromatic rings. The van der Waals surface area contributed by atoms with E-state index in [0.29, 0.717) is 0 Å². The summed E-state index contributed by atoms with van der Waals surface area (Å²) in [5, 5.41) is 7.57. The average Bonchev–Trinajstić information content (AvgIpc) is 2.71. The van der Waals surface area contributed by atoms with Crippen LogP contribution in [0.4, 0.5) is 0 Å². The maximum Gasteiger partial charge on any atom is 0.0756 e. The number of nitrogens with zero attached hydrogens (tertiary/aromatic N) is 2. The molecule has 1 heterocycles. The molecule has 0 saturated carbocycles. The van der Waals surface area contributed by atoms with Crippen LogP contribution < -0.4 is 5.32 Å². The lowest BCUT2D eigenvalue weighted by molar-refractivity contribution is 0.604. The molecule has 17 heavy (non-hydrogen) atoms. The van der Waals surface area contributed by atoms with E-state index in [-0.39, 0.29) is 6.04 Å². The van der Waals surface area contributed by atoms with Crippen LogP contribution in [0.25, 0.3) is 0 Å². The molecule has 90 valence electrons. The Morgan fingerprint density at radius 1 is 1.41 bits per heavy atom. The Kier molecular flexibility index (Phi) is 4.22. The van der Waals surface area contributed by atoms with Crippen LogP contribution in [0.1, 0.15) is 17.3 Å². The van der Waals surface area contributed by atoms with Crippen molar-refractivity contribution in [2.24, 2.45) is 7.05 Å². The van der Waals surface area contributed by atoms with Crippen molar-refractivity contribution in [3.63, 3.8) is 0 Å². The Bertz CT molecular complexity index is 524. The first kappa shape index (κ1) is 13.0. The number of nitrogens with one attached hydrogen (secondary N) is 1. The molecule has 0 radical (unpaired) electrons. The summed E-state index contributed by atoms with van der Waals surface area (Å²) >= 11 is 5.88. The minimum atomic E-state index is 0.159. The molecular formula is C12H13BrIN3. The highest BCUT2D eigenvalue weighted by Crippen LogP contribution is 2.28. The molecule has 0 aliphatic carbocycles. The van der Waals surface area contributed by atoms with Crippen LogP contribution in [-0.4, -0.2) is 16.8 Å². The third kappa shape index (κ3) is 2.71. The van der Waals surface area contributed by atoms with E-state index in [0.717, 1.165) is 10.2 Å². The Labute approximate surface area is 123 Å². The van der Waals surface area contributed by atoms with Gasteiger partial charge in [0.1, 0.15) is 0 Å². The number of benzene rings is 1. The van der Waals surface area contributed by atoms with Gasteiger partial charge in [0.05, 0.1) is 11.7 Å². The minimum Gasteiger partial charge on any atom is -0.308 e. The molecule has 1 atom stereocenters. The SMILES string of the molecule is CNC(c1cc(Br)ccc1I)c1ccnn1C. The van der Waals surface area contributed by atoms with Gasteiger partial charge in [-0.3, -0.25) is 4.68 Å². The maximum absolute atomic E-state index is 4.23. The van der Waals surface area contributed by atoms with Gasteiger partial charge in [-0.25, -0.2) is 0 Å².